The van der Waals surface area contributed by atoms with E-state index in [1.165, 1.54) is 0 Å². The van der Waals surface area contributed by atoms with Gasteiger partial charge in [0, 0.05) is 17.7 Å². The van der Waals surface area contributed by atoms with E-state index < -0.39 is 77.6 Å². The highest BCUT2D eigenvalue weighted by atomic mass is 16.7. The van der Waals surface area contributed by atoms with Crippen molar-refractivity contribution in [3.05, 3.63) is 47.2 Å². The summed E-state index contributed by atoms with van der Waals surface area (Å²) in [6.45, 7) is -0.761. The van der Waals surface area contributed by atoms with Crippen molar-refractivity contribution in [2.75, 3.05) is 6.61 Å². The first-order valence-corrected chi connectivity index (χ1v) is 9.54. The molecule has 0 saturated carbocycles. The molecule has 1 aliphatic rings. The van der Waals surface area contributed by atoms with Crippen LogP contribution in [0.5, 0.6) is 28.7 Å². The van der Waals surface area contributed by atoms with E-state index in [-0.39, 0.29) is 11.1 Å². The SMILES string of the molecule is O=C(/C(=C\c1c(O)cc(O)cc1O)O[C@@H]1O[C@H](CO)[C@@H](O)[C@H](O)[C@H]1O)c1ccc(O)c(O)c1. The third-order valence-corrected chi connectivity index (χ3v) is 4.95. The van der Waals surface area contributed by atoms with Gasteiger partial charge < -0.3 is 55.4 Å². The van der Waals surface area contributed by atoms with Crippen LogP contribution in [0.3, 0.4) is 0 Å². The van der Waals surface area contributed by atoms with Crippen LogP contribution in [0.15, 0.2) is 36.1 Å². The van der Waals surface area contributed by atoms with Crippen LogP contribution in [-0.2, 0) is 9.47 Å². The van der Waals surface area contributed by atoms with E-state index in [9.17, 15) is 50.8 Å². The zero-order valence-electron chi connectivity index (χ0n) is 16.8. The standard InChI is InChI=1S/C21H22O12/c22-7-16-18(29)19(30)20(31)21(33-16)32-15(6-10-12(25)4-9(23)5-13(10)26)17(28)8-1-2-11(24)14(27)3-8/h1-6,16,18-27,29-31H,7H2/b15-6+/t16-,18-,19+,20-,21-/m1/s1. The number of aliphatic hydroxyl groups excluding tert-OH is 4. The van der Waals surface area contributed by atoms with Gasteiger partial charge in [-0.15, -0.1) is 0 Å². The van der Waals surface area contributed by atoms with Crippen LogP contribution in [0.2, 0.25) is 0 Å². The molecule has 9 N–H and O–H groups in total. The summed E-state index contributed by atoms with van der Waals surface area (Å²) in [4.78, 5) is 13.1. The molecular weight excluding hydrogens is 444 g/mol. The van der Waals surface area contributed by atoms with Crippen molar-refractivity contribution >= 4 is 11.9 Å². The molecular formula is C21H22O12. The molecule has 12 heteroatoms. The summed E-state index contributed by atoms with van der Waals surface area (Å²) in [6.07, 6.45) is -7.68. The first-order valence-electron chi connectivity index (χ1n) is 9.54. The van der Waals surface area contributed by atoms with E-state index in [4.69, 9.17) is 9.47 Å². The number of carbonyl (C=O) groups excluding carboxylic acids is 1. The average Bonchev–Trinajstić information content (AvgIpc) is 2.76. The van der Waals surface area contributed by atoms with E-state index in [1.807, 2.05) is 0 Å². The van der Waals surface area contributed by atoms with Gasteiger partial charge >= 0.3 is 0 Å². The summed E-state index contributed by atoms with van der Waals surface area (Å²) in [5.41, 5.74) is -0.595. The van der Waals surface area contributed by atoms with Crippen LogP contribution in [0.25, 0.3) is 6.08 Å². The fourth-order valence-corrected chi connectivity index (χ4v) is 3.14. The van der Waals surface area contributed by atoms with E-state index in [0.717, 1.165) is 36.4 Å². The van der Waals surface area contributed by atoms with Crippen molar-refractivity contribution in [1.29, 1.82) is 0 Å². The molecule has 1 heterocycles. The van der Waals surface area contributed by atoms with Gasteiger partial charge in [0.05, 0.1) is 12.2 Å². The van der Waals surface area contributed by atoms with Gasteiger partial charge in [-0.1, -0.05) is 0 Å². The van der Waals surface area contributed by atoms with Crippen LogP contribution < -0.4 is 0 Å². The topological polar surface area (TPSA) is 218 Å². The van der Waals surface area contributed by atoms with E-state index in [0.29, 0.717) is 0 Å². The summed E-state index contributed by atoms with van der Waals surface area (Å²) >= 11 is 0. The maximum atomic E-state index is 13.1. The van der Waals surface area contributed by atoms with Crippen molar-refractivity contribution in [3.63, 3.8) is 0 Å². The third kappa shape index (κ3) is 4.94. The van der Waals surface area contributed by atoms with Crippen molar-refractivity contribution in [1.82, 2.24) is 0 Å². The molecule has 0 spiro atoms. The second-order valence-corrected chi connectivity index (χ2v) is 7.25. The Morgan fingerprint density at radius 3 is 2.09 bits per heavy atom. The number of allylic oxidation sites excluding steroid dienone is 1. The average molecular weight is 466 g/mol. The Morgan fingerprint density at radius 2 is 1.52 bits per heavy atom. The molecule has 1 fully saturated rings. The molecule has 0 radical (unpaired) electrons. The highest BCUT2D eigenvalue weighted by Gasteiger charge is 2.45. The first kappa shape index (κ1) is 24.1. The third-order valence-electron chi connectivity index (χ3n) is 4.95. The first-order chi connectivity index (χ1) is 15.5. The molecule has 12 nitrogen and oxygen atoms in total. The maximum Gasteiger partial charge on any atom is 0.229 e. The number of benzene rings is 2. The number of rotatable bonds is 6. The molecule has 178 valence electrons. The number of Topliss-reactive ketones (excluding diaryl/α,β-unsaturated/α-hetero) is 1. The Balaban J connectivity index is 2.05. The minimum atomic E-state index is -1.88. The number of aliphatic hydroxyl groups is 4. The number of aromatic hydroxyl groups is 5. The predicted octanol–water partition coefficient (Wildman–Crippen LogP) is -0.745. The summed E-state index contributed by atoms with van der Waals surface area (Å²) in [7, 11) is 0. The summed E-state index contributed by atoms with van der Waals surface area (Å²) in [6, 6.07) is 4.78. The Kier molecular flexibility index (Phi) is 6.95. The van der Waals surface area contributed by atoms with Crippen LogP contribution in [0.4, 0.5) is 0 Å². The number of ether oxygens (including phenoxy) is 2. The van der Waals surface area contributed by atoms with Gasteiger partial charge in [-0.3, -0.25) is 4.79 Å². The lowest BCUT2D eigenvalue weighted by Crippen LogP contribution is -2.59. The molecule has 0 bridgehead atoms. The van der Waals surface area contributed by atoms with Crippen LogP contribution >= 0.6 is 0 Å². The monoisotopic (exact) mass is 466 g/mol. The highest BCUT2D eigenvalue weighted by molar-refractivity contribution is 6.10. The maximum absolute atomic E-state index is 13.1. The second-order valence-electron chi connectivity index (χ2n) is 7.25. The molecule has 2 aromatic carbocycles. The Bertz CT molecular complexity index is 1040. The lowest BCUT2D eigenvalue weighted by Gasteiger charge is -2.39. The van der Waals surface area contributed by atoms with Gasteiger partial charge in [-0.2, -0.15) is 0 Å². The number of ketones is 1. The summed E-state index contributed by atoms with van der Waals surface area (Å²) in [5, 5.41) is 88.3. The van der Waals surface area contributed by atoms with Gasteiger partial charge in [-0.25, -0.2) is 0 Å². The number of hydrogen-bond acceptors (Lipinski definition) is 12. The largest absolute Gasteiger partial charge is 0.508 e. The normalized spacial score (nSPS) is 25.6. The Morgan fingerprint density at radius 1 is 0.879 bits per heavy atom. The fraction of sp³-hybridized carbons (Fsp3) is 0.286. The van der Waals surface area contributed by atoms with E-state index >= 15 is 0 Å². The van der Waals surface area contributed by atoms with Crippen LogP contribution in [0, 0.1) is 0 Å². The van der Waals surface area contributed by atoms with Gasteiger partial charge in [0.15, 0.2) is 17.3 Å². The lowest BCUT2D eigenvalue weighted by molar-refractivity contribution is -0.289. The molecule has 1 saturated heterocycles. The minimum Gasteiger partial charge on any atom is -0.508 e. The Hall–Kier alpha value is -3.55. The van der Waals surface area contributed by atoms with Gasteiger partial charge in [0.25, 0.3) is 0 Å². The van der Waals surface area contributed by atoms with Crippen molar-refractivity contribution in [3.8, 4) is 28.7 Å². The lowest BCUT2D eigenvalue weighted by atomic mass is 9.99. The smallest absolute Gasteiger partial charge is 0.229 e. The predicted molar refractivity (Wildman–Crippen MR) is 108 cm³/mol. The molecule has 0 amide bonds. The number of phenols is 5. The van der Waals surface area contributed by atoms with Crippen LogP contribution in [0.1, 0.15) is 15.9 Å². The minimum absolute atomic E-state index is 0.223. The molecule has 2 aromatic rings. The van der Waals surface area contributed by atoms with Crippen molar-refractivity contribution < 1.29 is 60.2 Å². The van der Waals surface area contributed by atoms with E-state index in [2.05, 4.69) is 0 Å². The molecule has 3 rings (SSSR count). The molecule has 1 aliphatic heterocycles. The molecule has 0 unspecified atom stereocenters. The van der Waals surface area contributed by atoms with Crippen LogP contribution in [-0.4, -0.2) is 89.1 Å². The zero-order chi connectivity index (χ0) is 24.4. The van der Waals surface area contributed by atoms with Gasteiger partial charge in [0.1, 0.15) is 41.7 Å². The second kappa shape index (κ2) is 9.52. The number of carbonyl (C=O) groups is 1. The zero-order valence-corrected chi connectivity index (χ0v) is 16.8. The Labute approximate surface area is 186 Å². The van der Waals surface area contributed by atoms with E-state index in [1.54, 1.807) is 0 Å². The van der Waals surface area contributed by atoms with Crippen molar-refractivity contribution in [2.24, 2.45) is 0 Å². The van der Waals surface area contributed by atoms with Gasteiger partial charge in [0.2, 0.25) is 12.1 Å². The van der Waals surface area contributed by atoms with Crippen molar-refractivity contribution in [2.45, 2.75) is 30.7 Å². The fourth-order valence-electron chi connectivity index (χ4n) is 3.14. The highest BCUT2D eigenvalue weighted by Crippen LogP contribution is 2.35. The number of phenolic OH excluding ortho intramolecular Hbond substituents is 5. The quantitative estimate of drug-likeness (QED) is 0.111. The molecule has 33 heavy (non-hydrogen) atoms. The number of hydrogen-bond donors (Lipinski definition) is 9. The summed E-state index contributed by atoms with van der Waals surface area (Å²) < 4.78 is 10.6. The molecule has 0 aliphatic carbocycles. The summed E-state index contributed by atoms with van der Waals surface area (Å²) in [5.74, 6) is -4.58. The van der Waals surface area contributed by atoms with Gasteiger partial charge in [-0.05, 0) is 24.3 Å². The molecule has 5 atom stereocenters. The molecule has 0 aromatic heterocycles.